The molecule has 1 saturated carbocycles. The molecule has 0 unspecified atom stereocenters. The summed E-state index contributed by atoms with van der Waals surface area (Å²) in [5.74, 6) is 0.873. The molecule has 1 aromatic carbocycles. The first kappa shape index (κ1) is 12.4. The van der Waals surface area contributed by atoms with Crippen LogP contribution < -0.4 is 11.1 Å². The zero-order valence-electron chi connectivity index (χ0n) is 10.3. The van der Waals surface area contributed by atoms with Crippen LogP contribution in [0, 0.1) is 5.92 Å². The number of rotatable bonds is 8. The Morgan fingerprint density at radius 3 is 2.71 bits per heavy atom. The fourth-order valence-corrected chi connectivity index (χ4v) is 1.70. The largest absolute Gasteiger partial charge is 0.399 e. The molecule has 1 fully saturated rings. The Morgan fingerprint density at radius 1 is 1.24 bits per heavy atom. The first-order valence-corrected chi connectivity index (χ1v) is 6.47. The van der Waals surface area contributed by atoms with E-state index in [-0.39, 0.29) is 0 Å². The highest BCUT2D eigenvalue weighted by atomic mass is 16.5. The maximum atomic E-state index is 5.63. The van der Waals surface area contributed by atoms with Gasteiger partial charge in [-0.05, 0) is 49.4 Å². The summed E-state index contributed by atoms with van der Waals surface area (Å²) in [4.78, 5) is 0. The zero-order valence-corrected chi connectivity index (χ0v) is 10.3. The van der Waals surface area contributed by atoms with Crippen LogP contribution in [0.15, 0.2) is 24.3 Å². The van der Waals surface area contributed by atoms with Crippen molar-refractivity contribution in [2.75, 3.05) is 25.5 Å². The van der Waals surface area contributed by atoms with E-state index in [0.717, 1.165) is 44.3 Å². The van der Waals surface area contributed by atoms with Crippen LogP contribution in [0.25, 0.3) is 0 Å². The molecule has 0 aromatic heterocycles. The molecule has 3 N–H and O–H groups in total. The van der Waals surface area contributed by atoms with Gasteiger partial charge in [-0.1, -0.05) is 12.1 Å². The quantitative estimate of drug-likeness (QED) is 0.535. The van der Waals surface area contributed by atoms with E-state index in [1.807, 2.05) is 12.1 Å². The van der Waals surface area contributed by atoms with Crippen LogP contribution in [0.3, 0.4) is 0 Å². The molecule has 3 heteroatoms. The van der Waals surface area contributed by atoms with Gasteiger partial charge in [-0.3, -0.25) is 0 Å². The van der Waals surface area contributed by atoms with E-state index in [1.165, 1.54) is 18.4 Å². The maximum absolute atomic E-state index is 5.63. The second kappa shape index (κ2) is 6.62. The molecule has 0 spiro atoms. The lowest BCUT2D eigenvalue weighted by atomic mass is 10.2. The normalized spacial score (nSPS) is 15.1. The minimum Gasteiger partial charge on any atom is -0.399 e. The van der Waals surface area contributed by atoms with E-state index < -0.39 is 0 Å². The van der Waals surface area contributed by atoms with Gasteiger partial charge < -0.3 is 15.8 Å². The summed E-state index contributed by atoms with van der Waals surface area (Å²) in [6.45, 7) is 3.77. The Bertz CT molecular complexity index is 319. The molecule has 1 aliphatic rings. The van der Waals surface area contributed by atoms with Crippen molar-refractivity contribution in [1.82, 2.24) is 5.32 Å². The molecule has 0 radical (unpaired) electrons. The van der Waals surface area contributed by atoms with Crippen molar-refractivity contribution in [2.45, 2.75) is 25.8 Å². The molecule has 1 aliphatic carbocycles. The summed E-state index contributed by atoms with van der Waals surface area (Å²) in [5.41, 5.74) is 7.73. The van der Waals surface area contributed by atoms with E-state index >= 15 is 0 Å². The third-order valence-corrected chi connectivity index (χ3v) is 3.00. The molecular formula is C14H22N2O. The first-order valence-electron chi connectivity index (χ1n) is 6.47. The highest BCUT2D eigenvalue weighted by Gasteiger charge is 2.20. The molecule has 0 aliphatic heterocycles. The first-order chi connectivity index (χ1) is 8.34. The molecule has 0 bridgehead atoms. The molecule has 2 rings (SSSR count). The van der Waals surface area contributed by atoms with Gasteiger partial charge in [0.05, 0.1) is 0 Å². The van der Waals surface area contributed by atoms with Gasteiger partial charge >= 0.3 is 0 Å². The number of nitrogens with two attached hydrogens (primary N) is 1. The van der Waals surface area contributed by atoms with Crippen molar-refractivity contribution in [3.05, 3.63) is 29.8 Å². The number of nitrogens with one attached hydrogen (secondary N) is 1. The number of anilines is 1. The SMILES string of the molecule is Nc1ccc(CNCCCOCC2CC2)cc1. The lowest BCUT2D eigenvalue weighted by Crippen LogP contribution is -2.16. The zero-order chi connectivity index (χ0) is 11.9. The summed E-state index contributed by atoms with van der Waals surface area (Å²) in [5, 5.41) is 3.40. The van der Waals surface area contributed by atoms with Crippen LogP contribution in [0.2, 0.25) is 0 Å². The van der Waals surface area contributed by atoms with Gasteiger partial charge in [-0.2, -0.15) is 0 Å². The van der Waals surface area contributed by atoms with Crippen LogP contribution in [0.4, 0.5) is 5.69 Å². The average molecular weight is 234 g/mol. The third kappa shape index (κ3) is 5.20. The minimum atomic E-state index is 0.822. The second-order valence-electron chi connectivity index (χ2n) is 4.79. The van der Waals surface area contributed by atoms with Crippen molar-refractivity contribution < 1.29 is 4.74 Å². The Morgan fingerprint density at radius 2 is 2.00 bits per heavy atom. The molecule has 3 nitrogen and oxygen atoms in total. The van der Waals surface area contributed by atoms with Crippen LogP contribution in [0.1, 0.15) is 24.8 Å². The molecule has 0 saturated heterocycles. The van der Waals surface area contributed by atoms with Gasteiger partial charge in [0, 0.05) is 25.4 Å². The van der Waals surface area contributed by atoms with E-state index in [0.29, 0.717) is 0 Å². The second-order valence-corrected chi connectivity index (χ2v) is 4.79. The molecule has 0 heterocycles. The highest BCUT2D eigenvalue weighted by Crippen LogP contribution is 2.28. The molecule has 0 amide bonds. The van der Waals surface area contributed by atoms with Crippen LogP contribution in [0.5, 0.6) is 0 Å². The summed E-state index contributed by atoms with van der Waals surface area (Å²) in [6.07, 6.45) is 3.83. The lowest BCUT2D eigenvalue weighted by molar-refractivity contribution is 0.122. The van der Waals surface area contributed by atoms with Crippen molar-refractivity contribution >= 4 is 5.69 Å². The molecule has 1 aromatic rings. The van der Waals surface area contributed by atoms with Gasteiger partial charge in [0.25, 0.3) is 0 Å². The highest BCUT2D eigenvalue weighted by molar-refractivity contribution is 5.39. The van der Waals surface area contributed by atoms with Gasteiger partial charge in [-0.25, -0.2) is 0 Å². The van der Waals surface area contributed by atoms with E-state index in [4.69, 9.17) is 10.5 Å². The van der Waals surface area contributed by atoms with Crippen molar-refractivity contribution in [3.63, 3.8) is 0 Å². The topological polar surface area (TPSA) is 47.3 Å². The fraction of sp³-hybridized carbons (Fsp3) is 0.571. The Hall–Kier alpha value is -1.06. The van der Waals surface area contributed by atoms with Crippen molar-refractivity contribution in [3.8, 4) is 0 Å². The molecular weight excluding hydrogens is 212 g/mol. The summed E-state index contributed by atoms with van der Waals surface area (Å²) in [7, 11) is 0. The number of ether oxygens (including phenoxy) is 1. The van der Waals surface area contributed by atoms with E-state index in [2.05, 4.69) is 17.4 Å². The van der Waals surface area contributed by atoms with Gasteiger partial charge in [-0.15, -0.1) is 0 Å². The number of benzene rings is 1. The number of hydrogen-bond donors (Lipinski definition) is 2. The van der Waals surface area contributed by atoms with E-state index in [9.17, 15) is 0 Å². The third-order valence-electron chi connectivity index (χ3n) is 3.00. The monoisotopic (exact) mass is 234 g/mol. The Balaban J connectivity index is 1.46. The predicted molar refractivity (Wildman–Crippen MR) is 70.7 cm³/mol. The standard InChI is InChI=1S/C14H22N2O/c15-14-6-4-12(5-7-14)10-16-8-1-9-17-11-13-2-3-13/h4-7,13,16H,1-3,8-11,15H2. The van der Waals surface area contributed by atoms with E-state index in [1.54, 1.807) is 0 Å². The summed E-state index contributed by atoms with van der Waals surface area (Å²) < 4.78 is 5.57. The van der Waals surface area contributed by atoms with Crippen LogP contribution >= 0.6 is 0 Å². The fourth-order valence-electron chi connectivity index (χ4n) is 1.70. The van der Waals surface area contributed by atoms with Crippen molar-refractivity contribution in [1.29, 1.82) is 0 Å². The summed E-state index contributed by atoms with van der Waals surface area (Å²) in [6, 6.07) is 8.00. The van der Waals surface area contributed by atoms with Gasteiger partial charge in [0.1, 0.15) is 0 Å². The number of hydrogen-bond acceptors (Lipinski definition) is 3. The Labute approximate surface area is 103 Å². The summed E-state index contributed by atoms with van der Waals surface area (Å²) >= 11 is 0. The smallest absolute Gasteiger partial charge is 0.0494 e. The van der Waals surface area contributed by atoms with Crippen LogP contribution in [-0.4, -0.2) is 19.8 Å². The Kier molecular flexibility index (Phi) is 4.83. The molecule has 17 heavy (non-hydrogen) atoms. The lowest BCUT2D eigenvalue weighted by Gasteiger charge is -2.06. The minimum absolute atomic E-state index is 0.822. The van der Waals surface area contributed by atoms with Crippen LogP contribution in [-0.2, 0) is 11.3 Å². The average Bonchev–Trinajstić information content (AvgIpc) is 3.14. The van der Waals surface area contributed by atoms with Gasteiger partial charge in [0.2, 0.25) is 0 Å². The van der Waals surface area contributed by atoms with Gasteiger partial charge in [0.15, 0.2) is 0 Å². The predicted octanol–water partition coefficient (Wildman–Crippen LogP) is 2.18. The van der Waals surface area contributed by atoms with Crippen molar-refractivity contribution in [2.24, 2.45) is 5.92 Å². The molecule has 0 atom stereocenters. The number of nitrogen functional groups attached to an aromatic ring is 1. The molecule has 94 valence electrons. The maximum Gasteiger partial charge on any atom is 0.0494 e.